The van der Waals surface area contributed by atoms with Crippen molar-refractivity contribution in [3.05, 3.63) is 28.2 Å². The summed E-state index contributed by atoms with van der Waals surface area (Å²) in [4.78, 5) is 2.30. The molecule has 0 saturated carbocycles. The van der Waals surface area contributed by atoms with Gasteiger partial charge in [0.15, 0.2) is 0 Å². The number of hydrogen-bond acceptors (Lipinski definition) is 2. The minimum absolute atomic E-state index is 0.250. The molecule has 1 N–H and O–H groups in total. The molecule has 1 aliphatic heterocycles. The van der Waals surface area contributed by atoms with Crippen LogP contribution in [0.25, 0.3) is 0 Å². The number of aliphatic hydroxyl groups excluding tert-OH is 1. The number of benzene rings is 1. The lowest BCUT2D eigenvalue weighted by molar-refractivity contribution is 0.266. The Labute approximate surface area is 99.0 Å². The van der Waals surface area contributed by atoms with Gasteiger partial charge >= 0.3 is 0 Å². The molecule has 0 aliphatic carbocycles. The van der Waals surface area contributed by atoms with E-state index in [1.165, 1.54) is 17.7 Å². The fourth-order valence-corrected chi connectivity index (χ4v) is 2.91. The number of aryl methyl sites for hydroxylation is 1. The van der Waals surface area contributed by atoms with Crippen molar-refractivity contribution in [1.29, 1.82) is 0 Å². The maximum absolute atomic E-state index is 9.29. The number of hydrogen-bond donors (Lipinski definition) is 1. The lowest BCUT2D eigenvalue weighted by atomic mass is 10.2. The monoisotopic (exact) mass is 269 g/mol. The van der Waals surface area contributed by atoms with Crippen molar-refractivity contribution in [3.8, 4) is 0 Å². The van der Waals surface area contributed by atoms with Crippen LogP contribution in [0.5, 0.6) is 0 Å². The molecule has 0 bridgehead atoms. The summed E-state index contributed by atoms with van der Waals surface area (Å²) in [5.74, 6) is 0. The molecule has 0 aromatic heterocycles. The Morgan fingerprint density at radius 2 is 2.33 bits per heavy atom. The maximum atomic E-state index is 9.29. The molecule has 1 saturated heterocycles. The second kappa shape index (κ2) is 4.54. The average molecular weight is 270 g/mol. The molecule has 2 rings (SSSR count). The second-order valence-electron chi connectivity index (χ2n) is 4.13. The van der Waals surface area contributed by atoms with Crippen molar-refractivity contribution >= 4 is 21.6 Å². The van der Waals surface area contributed by atoms with Gasteiger partial charge in [0.1, 0.15) is 0 Å². The SMILES string of the molecule is Cc1ccc(N2CCCC2CO)c(Br)c1. The molecule has 15 heavy (non-hydrogen) atoms. The van der Waals surface area contributed by atoms with Crippen molar-refractivity contribution in [1.82, 2.24) is 0 Å². The zero-order valence-electron chi connectivity index (χ0n) is 8.91. The Morgan fingerprint density at radius 1 is 1.53 bits per heavy atom. The van der Waals surface area contributed by atoms with Crippen LogP contribution in [0.15, 0.2) is 22.7 Å². The highest BCUT2D eigenvalue weighted by Crippen LogP contribution is 2.32. The Morgan fingerprint density at radius 3 is 3.00 bits per heavy atom. The average Bonchev–Trinajstić information content (AvgIpc) is 2.65. The molecule has 1 unspecified atom stereocenters. The molecule has 3 heteroatoms. The van der Waals surface area contributed by atoms with E-state index in [9.17, 15) is 5.11 Å². The van der Waals surface area contributed by atoms with Crippen LogP contribution >= 0.6 is 15.9 Å². The van der Waals surface area contributed by atoms with Crippen molar-refractivity contribution in [2.75, 3.05) is 18.1 Å². The van der Waals surface area contributed by atoms with Crippen LogP contribution in [0.3, 0.4) is 0 Å². The summed E-state index contributed by atoms with van der Waals surface area (Å²) in [6, 6.07) is 6.67. The summed E-state index contributed by atoms with van der Waals surface area (Å²) in [7, 11) is 0. The lowest BCUT2D eigenvalue weighted by Crippen LogP contribution is -2.32. The highest BCUT2D eigenvalue weighted by molar-refractivity contribution is 9.10. The molecule has 1 atom stereocenters. The van der Waals surface area contributed by atoms with Crippen molar-refractivity contribution in [3.63, 3.8) is 0 Å². The first-order valence-electron chi connectivity index (χ1n) is 5.36. The van der Waals surface area contributed by atoms with Crippen molar-refractivity contribution in [2.45, 2.75) is 25.8 Å². The van der Waals surface area contributed by atoms with E-state index in [-0.39, 0.29) is 6.61 Å². The van der Waals surface area contributed by atoms with Crippen LogP contribution in [0.1, 0.15) is 18.4 Å². The number of rotatable bonds is 2. The molecular weight excluding hydrogens is 254 g/mol. The van der Waals surface area contributed by atoms with Gasteiger partial charge in [0.05, 0.1) is 18.3 Å². The minimum atomic E-state index is 0.250. The zero-order valence-corrected chi connectivity index (χ0v) is 10.5. The summed E-state index contributed by atoms with van der Waals surface area (Å²) in [6.07, 6.45) is 2.27. The van der Waals surface area contributed by atoms with E-state index < -0.39 is 0 Å². The van der Waals surface area contributed by atoms with Crippen LogP contribution in [0.4, 0.5) is 5.69 Å². The highest BCUT2D eigenvalue weighted by atomic mass is 79.9. The van der Waals surface area contributed by atoms with Crippen LogP contribution in [-0.2, 0) is 0 Å². The standard InChI is InChI=1S/C12H16BrNO/c1-9-4-5-12(11(13)7-9)14-6-2-3-10(14)8-15/h4-5,7,10,15H,2-3,6,8H2,1H3. The van der Waals surface area contributed by atoms with Gasteiger partial charge in [0.2, 0.25) is 0 Å². The third kappa shape index (κ3) is 2.18. The van der Waals surface area contributed by atoms with Gasteiger partial charge in [-0.1, -0.05) is 6.07 Å². The molecule has 1 heterocycles. The van der Waals surface area contributed by atoms with Crippen molar-refractivity contribution in [2.24, 2.45) is 0 Å². The topological polar surface area (TPSA) is 23.5 Å². The molecule has 2 nitrogen and oxygen atoms in total. The molecular formula is C12H16BrNO. The van der Waals surface area contributed by atoms with Crippen molar-refractivity contribution < 1.29 is 5.11 Å². The molecule has 0 amide bonds. The normalized spacial score (nSPS) is 21.0. The molecule has 1 aliphatic rings. The molecule has 1 aromatic rings. The predicted molar refractivity (Wildman–Crippen MR) is 66.3 cm³/mol. The van der Waals surface area contributed by atoms with E-state index in [1.807, 2.05) is 0 Å². The van der Waals surface area contributed by atoms with E-state index in [0.717, 1.165) is 17.4 Å². The van der Waals surface area contributed by atoms with Gasteiger partial charge in [-0.2, -0.15) is 0 Å². The number of anilines is 1. The van der Waals surface area contributed by atoms with Gasteiger partial charge in [-0.05, 0) is 53.4 Å². The predicted octanol–water partition coefficient (Wildman–Crippen LogP) is 2.72. The van der Waals surface area contributed by atoms with Gasteiger partial charge in [-0.25, -0.2) is 0 Å². The van der Waals surface area contributed by atoms with Crippen LogP contribution in [0, 0.1) is 6.92 Å². The fraction of sp³-hybridized carbons (Fsp3) is 0.500. The first-order valence-corrected chi connectivity index (χ1v) is 6.15. The Bertz CT molecular complexity index is 353. The Balaban J connectivity index is 2.28. The van der Waals surface area contributed by atoms with Gasteiger partial charge in [0, 0.05) is 11.0 Å². The molecule has 0 spiro atoms. The molecule has 82 valence electrons. The first-order chi connectivity index (χ1) is 7.22. The van der Waals surface area contributed by atoms with Gasteiger partial charge < -0.3 is 10.0 Å². The summed E-state index contributed by atoms with van der Waals surface area (Å²) >= 11 is 3.59. The van der Waals surface area contributed by atoms with E-state index in [0.29, 0.717) is 6.04 Å². The number of halogens is 1. The summed E-state index contributed by atoms with van der Waals surface area (Å²) in [5, 5.41) is 9.29. The van der Waals surface area contributed by atoms with Crippen LogP contribution < -0.4 is 4.90 Å². The van der Waals surface area contributed by atoms with E-state index in [2.05, 4.69) is 46.0 Å². The molecule has 0 radical (unpaired) electrons. The smallest absolute Gasteiger partial charge is 0.0635 e. The zero-order chi connectivity index (χ0) is 10.8. The number of nitrogens with zero attached hydrogens (tertiary/aromatic N) is 1. The second-order valence-corrected chi connectivity index (χ2v) is 4.98. The van der Waals surface area contributed by atoms with Gasteiger partial charge in [-0.3, -0.25) is 0 Å². The minimum Gasteiger partial charge on any atom is -0.394 e. The van der Waals surface area contributed by atoms with Gasteiger partial charge in [0.25, 0.3) is 0 Å². The van der Waals surface area contributed by atoms with E-state index >= 15 is 0 Å². The quantitative estimate of drug-likeness (QED) is 0.893. The van der Waals surface area contributed by atoms with Crippen LogP contribution in [-0.4, -0.2) is 24.3 Å². The van der Waals surface area contributed by atoms with Gasteiger partial charge in [-0.15, -0.1) is 0 Å². The molecule has 1 fully saturated rings. The number of aliphatic hydroxyl groups is 1. The van der Waals surface area contributed by atoms with Crippen LogP contribution in [0.2, 0.25) is 0 Å². The third-order valence-electron chi connectivity index (χ3n) is 3.00. The first kappa shape index (κ1) is 11.0. The summed E-state index contributed by atoms with van der Waals surface area (Å²) in [5.41, 5.74) is 2.46. The van der Waals surface area contributed by atoms with E-state index in [1.54, 1.807) is 0 Å². The maximum Gasteiger partial charge on any atom is 0.0635 e. The Kier molecular flexibility index (Phi) is 3.32. The summed E-state index contributed by atoms with van der Waals surface area (Å²) < 4.78 is 1.13. The molecule has 1 aromatic carbocycles. The lowest BCUT2D eigenvalue weighted by Gasteiger charge is -2.26. The summed E-state index contributed by atoms with van der Waals surface area (Å²) in [6.45, 7) is 3.38. The highest BCUT2D eigenvalue weighted by Gasteiger charge is 2.25. The Hall–Kier alpha value is -0.540. The third-order valence-corrected chi connectivity index (χ3v) is 3.64. The fourth-order valence-electron chi connectivity index (χ4n) is 2.19. The largest absolute Gasteiger partial charge is 0.394 e. The van der Waals surface area contributed by atoms with E-state index in [4.69, 9.17) is 0 Å².